The van der Waals surface area contributed by atoms with Crippen molar-refractivity contribution in [3.63, 3.8) is 0 Å². The molecule has 0 unspecified atom stereocenters. The van der Waals surface area contributed by atoms with E-state index in [4.69, 9.17) is 4.42 Å². The van der Waals surface area contributed by atoms with Crippen LogP contribution >= 0.6 is 0 Å². The van der Waals surface area contributed by atoms with E-state index >= 15 is 0 Å². The van der Waals surface area contributed by atoms with E-state index in [1.807, 2.05) is 19.1 Å². The highest BCUT2D eigenvalue weighted by atomic mass is 16.3. The van der Waals surface area contributed by atoms with Crippen molar-refractivity contribution in [2.45, 2.75) is 32.4 Å². The van der Waals surface area contributed by atoms with E-state index in [0.717, 1.165) is 35.5 Å². The van der Waals surface area contributed by atoms with Gasteiger partial charge in [-0.05, 0) is 38.4 Å². The van der Waals surface area contributed by atoms with Gasteiger partial charge in [-0.25, -0.2) is 9.78 Å². The van der Waals surface area contributed by atoms with E-state index in [1.54, 1.807) is 7.05 Å². The van der Waals surface area contributed by atoms with Crippen LogP contribution in [0, 0.1) is 6.92 Å². The zero-order valence-electron chi connectivity index (χ0n) is 14.6. The highest BCUT2D eigenvalue weighted by Gasteiger charge is 2.29. The lowest BCUT2D eigenvalue weighted by Crippen LogP contribution is -2.36. The molecule has 1 fully saturated rings. The monoisotopic (exact) mass is 343 g/mol. The summed E-state index contributed by atoms with van der Waals surface area (Å²) in [4.78, 5) is 34.2. The molecule has 0 spiro atoms. The number of aromatic nitrogens is 4. The summed E-state index contributed by atoms with van der Waals surface area (Å²) >= 11 is 0. The quantitative estimate of drug-likeness (QED) is 0.772. The zero-order valence-corrected chi connectivity index (χ0v) is 14.6. The fourth-order valence-electron chi connectivity index (χ4n) is 3.61. The number of hydrogen-bond acceptors (Lipinski definition) is 5. The highest BCUT2D eigenvalue weighted by molar-refractivity contribution is 5.69. The summed E-state index contributed by atoms with van der Waals surface area (Å²) in [6.07, 6.45) is 2.12. The molecule has 25 heavy (non-hydrogen) atoms. The molecule has 0 amide bonds. The summed E-state index contributed by atoms with van der Waals surface area (Å²) in [6, 6.07) is 4.22. The summed E-state index contributed by atoms with van der Waals surface area (Å²) in [5, 5.41) is 0. The van der Waals surface area contributed by atoms with Gasteiger partial charge in [0.05, 0.1) is 12.6 Å². The third kappa shape index (κ3) is 2.53. The van der Waals surface area contributed by atoms with Crippen molar-refractivity contribution < 1.29 is 4.42 Å². The van der Waals surface area contributed by atoms with Gasteiger partial charge in [-0.3, -0.25) is 18.8 Å². The predicted octanol–water partition coefficient (Wildman–Crippen LogP) is 1.20. The number of H-pyrrole nitrogens is 1. The predicted molar refractivity (Wildman–Crippen MR) is 92.4 cm³/mol. The van der Waals surface area contributed by atoms with E-state index in [2.05, 4.69) is 14.9 Å². The van der Waals surface area contributed by atoms with E-state index in [1.165, 1.54) is 11.6 Å². The molecule has 8 nitrogen and oxygen atoms in total. The fraction of sp³-hybridized carbons (Fsp3) is 0.471. The van der Waals surface area contributed by atoms with Crippen LogP contribution in [0.2, 0.25) is 0 Å². The number of imidazole rings is 1. The molecular weight excluding hydrogens is 322 g/mol. The average Bonchev–Trinajstić information content (AvgIpc) is 3.31. The van der Waals surface area contributed by atoms with Gasteiger partial charge >= 0.3 is 5.69 Å². The first kappa shape index (κ1) is 15.9. The van der Waals surface area contributed by atoms with Crippen molar-refractivity contribution in [2.75, 3.05) is 6.54 Å². The summed E-state index contributed by atoms with van der Waals surface area (Å²) < 4.78 is 8.28. The second-order valence-electron chi connectivity index (χ2n) is 6.66. The van der Waals surface area contributed by atoms with Gasteiger partial charge in [0.2, 0.25) is 0 Å². The van der Waals surface area contributed by atoms with Gasteiger partial charge < -0.3 is 9.40 Å². The Morgan fingerprint density at radius 3 is 2.80 bits per heavy atom. The maximum Gasteiger partial charge on any atom is 0.332 e. The molecule has 8 heteroatoms. The van der Waals surface area contributed by atoms with Crippen molar-refractivity contribution in [1.29, 1.82) is 0 Å². The van der Waals surface area contributed by atoms with Crippen LogP contribution in [0.15, 0.2) is 26.1 Å². The molecule has 0 saturated carbocycles. The van der Waals surface area contributed by atoms with Crippen molar-refractivity contribution in [1.82, 2.24) is 24.0 Å². The number of likely N-dealkylation sites (tertiary alicyclic amines) is 1. The Morgan fingerprint density at radius 1 is 1.28 bits per heavy atom. The Bertz CT molecular complexity index is 1050. The van der Waals surface area contributed by atoms with Crippen LogP contribution in [0.5, 0.6) is 0 Å². The molecule has 1 aliphatic heterocycles. The number of rotatable bonds is 3. The Kier molecular flexibility index (Phi) is 3.64. The summed E-state index contributed by atoms with van der Waals surface area (Å²) in [6.45, 7) is 3.47. The van der Waals surface area contributed by atoms with E-state index in [-0.39, 0.29) is 17.3 Å². The van der Waals surface area contributed by atoms with Crippen LogP contribution in [0.25, 0.3) is 11.2 Å². The second kappa shape index (κ2) is 5.73. The molecule has 0 radical (unpaired) electrons. The normalized spacial score (nSPS) is 18.4. The minimum atomic E-state index is -0.374. The van der Waals surface area contributed by atoms with E-state index in [0.29, 0.717) is 23.5 Å². The molecule has 4 rings (SSSR count). The number of nitrogens with zero attached hydrogens (tertiary/aromatic N) is 4. The van der Waals surface area contributed by atoms with Gasteiger partial charge in [-0.1, -0.05) is 0 Å². The van der Waals surface area contributed by atoms with Gasteiger partial charge in [0.15, 0.2) is 5.65 Å². The largest absolute Gasteiger partial charge is 0.465 e. The van der Waals surface area contributed by atoms with Crippen molar-refractivity contribution in [3.8, 4) is 0 Å². The first-order chi connectivity index (χ1) is 12.0. The smallest absolute Gasteiger partial charge is 0.332 e. The van der Waals surface area contributed by atoms with Crippen LogP contribution in [-0.4, -0.2) is 30.5 Å². The highest BCUT2D eigenvalue weighted by Crippen LogP contribution is 2.33. The molecule has 1 N–H and O–H groups in total. The fourth-order valence-corrected chi connectivity index (χ4v) is 3.61. The zero-order chi connectivity index (χ0) is 17.7. The molecule has 132 valence electrons. The van der Waals surface area contributed by atoms with E-state index in [9.17, 15) is 9.59 Å². The van der Waals surface area contributed by atoms with Gasteiger partial charge in [-0.2, -0.15) is 0 Å². The Morgan fingerprint density at radius 2 is 2.08 bits per heavy atom. The Labute approximate surface area is 143 Å². The molecule has 1 aliphatic rings. The van der Waals surface area contributed by atoms with Crippen LogP contribution in [0.3, 0.4) is 0 Å². The second-order valence-corrected chi connectivity index (χ2v) is 6.66. The van der Waals surface area contributed by atoms with Crippen molar-refractivity contribution >= 4 is 11.2 Å². The number of hydrogen-bond donors (Lipinski definition) is 1. The molecule has 3 aromatic heterocycles. The van der Waals surface area contributed by atoms with Gasteiger partial charge in [0.25, 0.3) is 5.56 Å². The third-order valence-corrected chi connectivity index (χ3v) is 4.95. The number of fused-ring (bicyclic) bond motifs is 1. The van der Waals surface area contributed by atoms with Crippen LogP contribution in [0.4, 0.5) is 0 Å². The standard InChI is InChI=1S/C17H21N5O3/c1-10-6-7-12(25-10)11-5-4-8-22(11)9-13-18-14-15(19-13)20(2)17(24)21(3)16(14)23/h6-7,11H,4-5,8-9H2,1-3H3,(H,18,19)/t11-/m0/s1. The van der Waals surface area contributed by atoms with E-state index < -0.39 is 0 Å². The lowest BCUT2D eigenvalue weighted by atomic mass is 10.1. The lowest BCUT2D eigenvalue weighted by molar-refractivity contribution is 0.215. The van der Waals surface area contributed by atoms with Crippen molar-refractivity contribution in [3.05, 3.63) is 50.3 Å². The number of aryl methyl sites for hydroxylation is 2. The number of furan rings is 1. The molecule has 4 heterocycles. The topological polar surface area (TPSA) is 89.1 Å². The Hall–Kier alpha value is -2.61. The molecule has 3 aromatic rings. The summed E-state index contributed by atoms with van der Waals surface area (Å²) in [5.41, 5.74) is 0.0361. The Balaban J connectivity index is 1.69. The molecule has 0 bridgehead atoms. The number of nitrogens with one attached hydrogen (secondary N) is 1. The maximum absolute atomic E-state index is 12.3. The molecular formula is C17H21N5O3. The molecule has 1 atom stereocenters. The number of aromatic amines is 1. The van der Waals surface area contributed by atoms with Crippen LogP contribution in [0.1, 0.15) is 36.2 Å². The SMILES string of the molecule is Cc1ccc([C@@H]2CCCN2Cc2nc3c([nH]2)c(=O)n(C)c(=O)n3C)o1. The third-order valence-electron chi connectivity index (χ3n) is 4.95. The maximum atomic E-state index is 12.3. The van der Waals surface area contributed by atoms with Crippen LogP contribution < -0.4 is 11.2 Å². The minimum Gasteiger partial charge on any atom is -0.465 e. The summed E-state index contributed by atoms with van der Waals surface area (Å²) in [5.74, 6) is 2.56. The van der Waals surface area contributed by atoms with Gasteiger partial charge in [-0.15, -0.1) is 0 Å². The molecule has 0 aromatic carbocycles. The first-order valence-corrected chi connectivity index (χ1v) is 8.40. The molecule has 1 saturated heterocycles. The average molecular weight is 343 g/mol. The van der Waals surface area contributed by atoms with Crippen molar-refractivity contribution in [2.24, 2.45) is 14.1 Å². The lowest BCUT2D eigenvalue weighted by Gasteiger charge is -2.21. The van der Waals surface area contributed by atoms with Gasteiger partial charge in [0, 0.05) is 14.1 Å². The minimum absolute atomic E-state index is 0.216. The van der Waals surface area contributed by atoms with Crippen LogP contribution in [-0.2, 0) is 20.6 Å². The summed E-state index contributed by atoms with van der Waals surface area (Å²) in [7, 11) is 3.10. The van der Waals surface area contributed by atoms with Gasteiger partial charge in [0.1, 0.15) is 22.9 Å². The first-order valence-electron chi connectivity index (χ1n) is 8.40. The molecule has 0 aliphatic carbocycles.